The largest absolute Gasteiger partial charge is 0.388 e. The predicted molar refractivity (Wildman–Crippen MR) is 61.2 cm³/mol. The number of hydrogen-bond acceptors (Lipinski definition) is 4. The molecule has 0 aromatic heterocycles. The third-order valence-electron chi connectivity index (χ3n) is 2.82. The maximum atomic E-state index is 11.4. The van der Waals surface area contributed by atoms with Crippen molar-refractivity contribution in [2.24, 2.45) is 0 Å². The van der Waals surface area contributed by atoms with Crippen LogP contribution in [0.15, 0.2) is 0 Å². The van der Waals surface area contributed by atoms with Gasteiger partial charge in [0.1, 0.15) is 0 Å². The van der Waals surface area contributed by atoms with Crippen molar-refractivity contribution >= 4 is 5.91 Å². The zero-order valence-corrected chi connectivity index (χ0v) is 9.92. The standard InChI is InChI=1S/C11H22N2O3/c1-2-12-6-3-10(14)13-9-11(15)4-7-16-8-5-11/h12,15H,2-9H2,1H3,(H,13,14). The van der Waals surface area contributed by atoms with E-state index in [-0.39, 0.29) is 5.91 Å². The molecule has 1 amide bonds. The SMILES string of the molecule is CCNCCC(=O)NCC1(O)CCOCC1. The average Bonchev–Trinajstić information content (AvgIpc) is 2.28. The first kappa shape index (κ1) is 13.4. The van der Waals surface area contributed by atoms with Crippen LogP contribution in [0.4, 0.5) is 0 Å². The summed E-state index contributed by atoms with van der Waals surface area (Å²) in [6.07, 6.45) is 1.65. The van der Waals surface area contributed by atoms with Crippen molar-refractivity contribution in [3.8, 4) is 0 Å². The van der Waals surface area contributed by atoms with Crippen LogP contribution < -0.4 is 10.6 Å². The zero-order valence-electron chi connectivity index (χ0n) is 9.92. The highest BCUT2D eigenvalue weighted by molar-refractivity contribution is 5.76. The van der Waals surface area contributed by atoms with Gasteiger partial charge >= 0.3 is 0 Å². The first-order valence-electron chi connectivity index (χ1n) is 5.94. The molecule has 0 aliphatic carbocycles. The molecule has 0 bridgehead atoms. The third kappa shape index (κ3) is 4.92. The summed E-state index contributed by atoms with van der Waals surface area (Å²) in [6.45, 7) is 5.04. The van der Waals surface area contributed by atoms with E-state index in [9.17, 15) is 9.90 Å². The second kappa shape index (κ2) is 6.83. The van der Waals surface area contributed by atoms with E-state index in [0.717, 1.165) is 6.54 Å². The monoisotopic (exact) mass is 230 g/mol. The number of rotatable bonds is 6. The molecule has 5 heteroatoms. The third-order valence-corrected chi connectivity index (χ3v) is 2.82. The van der Waals surface area contributed by atoms with E-state index in [1.54, 1.807) is 0 Å². The number of carbonyl (C=O) groups is 1. The van der Waals surface area contributed by atoms with Gasteiger partial charge in [-0.15, -0.1) is 0 Å². The zero-order chi connectivity index (χ0) is 11.9. The van der Waals surface area contributed by atoms with Crippen LogP contribution in [0.3, 0.4) is 0 Å². The van der Waals surface area contributed by atoms with Gasteiger partial charge in [0.15, 0.2) is 0 Å². The molecule has 0 radical (unpaired) electrons. The highest BCUT2D eigenvalue weighted by Gasteiger charge is 2.29. The van der Waals surface area contributed by atoms with E-state index in [2.05, 4.69) is 10.6 Å². The van der Waals surface area contributed by atoms with Crippen molar-refractivity contribution in [1.29, 1.82) is 0 Å². The molecule has 1 heterocycles. The highest BCUT2D eigenvalue weighted by atomic mass is 16.5. The van der Waals surface area contributed by atoms with Crippen LogP contribution in [-0.4, -0.2) is 49.5 Å². The summed E-state index contributed by atoms with van der Waals surface area (Å²) in [7, 11) is 0. The summed E-state index contributed by atoms with van der Waals surface area (Å²) in [4.78, 5) is 11.4. The van der Waals surface area contributed by atoms with Crippen LogP contribution in [-0.2, 0) is 9.53 Å². The van der Waals surface area contributed by atoms with Gasteiger partial charge in [-0.1, -0.05) is 6.92 Å². The molecular formula is C11H22N2O3. The Morgan fingerprint density at radius 3 is 2.75 bits per heavy atom. The molecule has 1 aliphatic heterocycles. The van der Waals surface area contributed by atoms with Crippen molar-refractivity contribution in [2.45, 2.75) is 31.8 Å². The van der Waals surface area contributed by atoms with E-state index >= 15 is 0 Å². The van der Waals surface area contributed by atoms with E-state index in [4.69, 9.17) is 4.74 Å². The molecule has 0 spiro atoms. The number of nitrogens with one attached hydrogen (secondary N) is 2. The fraction of sp³-hybridized carbons (Fsp3) is 0.909. The van der Waals surface area contributed by atoms with Gasteiger partial charge in [0.05, 0.1) is 5.60 Å². The van der Waals surface area contributed by atoms with Gasteiger partial charge in [-0.2, -0.15) is 0 Å². The molecule has 0 aromatic carbocycles. The Morgan fingerprint density at radius 2 is 2.12 bits per heavy atom. The maximum Gasteiger partial charge on any atom is 0.221 e. The van der Waals surface area contributed by atoms with E-state index in [1.807, 2.05) is 6.92 Å². The predicted octanol–water partition coefficient (Wildman–Crippen LogP) is -0.356. The smallest absolute Gasteiger partial charge is 0.221 e. The topological polar surface area (TPSA) is 70.6 Å². The van der Waals surface area contributed by atoms with E-state index in [0.29, 0.717) is 45.6 Å². The Bertz CT molecular complexity index is 215. The van der Waals surface area contributed by atoms with Gasteiger partial charge in [-0.3, -0.25) is 4.79 Å². The molecule has 3 N–H and O–H groups in total. The molecule has 16 heavy (non-hydrogen) atoms. The molecule has 0 unspecified atom stereocenters. The van der Waals surface area contributed by atoms with Gasteiger partial charge in [0, 0.05) is 45.6 Å². The molecule has 1 rings (SSSR count). The molecular weight excluding hydrogens is 208 g/mol. The minimum absolute atomic E-state index is 0.0131. The van der Waals surface area contributed by atoms with Crippen LogP contribution in [0.2, 0.25) is 0 Å². The Kier molecular flexibility index (Phi) is 5.73. The lowest BCUT2D eigenvalue weighted by molar-refractivity contribution is -0.123. The second-order valence-corrected chi connectivity index (χ2v) is 4.22. The van der Waals surface area contributed by atoms with Gasteiger partial charge in [-0.05, 0) is 6.54 Å². The van der Waals surface area contributed by atoms with Crippen molar-refractivity contribution < 1.29 is 14.6 Å². The molecule has 1 saturated heterocycles. The normalized spacial score (nSPS) is 19.4. The van der Waals surface area contributed by atoms with Crippen molar-refractivity contribution in [3.63, 3.8) is 0 Å². The molecule has 0 aromatic rings. The summed E-state index contributed by atoms with van der Waals surface area (Å²) in [6, 6.07) is 0. The number of ether oxygens (including phenoxy) is 1. The fourth-order valence-electron chi connectivity index (χ4n) is 1.66. The Morgan fingerprint density at radius 1 is 1.44 bits per heavy atom. The molecule has 94 valence electrons. The number of hydrogen-bond donors (Lipinski definition) is 3. The molecule has 0 saturated carbocycles. The summed E-state index contributed by atoms with van der Waals surface area (Å²) in [5.41, 5.74) is -0.772. The maximum absolute atomic E-state index is 11.4. The fourth-order valence-corrected chi connectivity index (χ4v) is 1.66. The minimum atomic E-state index is -0.772. The summed E-state index contributed by atoms with van der Waals surface area (Å²) >= 11 is 0. The molecule has 5 nitrogen and oxygen atoms in total. The van der Waals surface area contributed by atoms with E-state index < -0.39 is 5.60 Å². The second-order valence-electron chi connectivity index (χ2n) is 4.22. The lowest BCUT2D eigenvalue weighted by Crippen LogP contribution is -2.46. The van der Waals surface area contributed by atoms with Crippen molar-refractivity contribution in [1.82, 2.24) is 10.6 Å². The first-order chi connectivity index (χ1) is 7.66. The quantitative estimate of drug-likeness (QED) is 0.545. The highest BCUT2D eigenvalue weighted by Crippen LogP contribution is 2.19. The Hall–Kier alpha value is -0.650. The number of aliphatic hydroxyl groups is 1. The van der Waals surface area contributed by atoms with Gasteiger partial charge in [0.2, 0.25) is 5.91 Å². The van der Waals surface area contributed by atoms with Crippen molar-refractivity contribution in [3.05, 3.63) is 0 Å². The first-order valence-corrected chi connectivity index (χ1v) is 5.94. The van der Waals surface area contributed by atoms with Gasteiger partial charge in [0.25, 0.3) is 0 Å². The molecule has 1 aliphatic rings. The van der Waals surface area contributed by atoms with Crippen molar-refractivity contribution in [2.75, 3.05) is 32.8 Å². The van der Waals surface area contributed by atoms with Crippen LogP contribution in [0.5, 0.6) is 0 Å². The Labute approximate surface area is 96.6 Å². The summed E-state index contributed by atoms with van der Waals surface area (Å²) in [5.74, 6) is -0.0131. The minimum Gasteiger partial charge on any atom is -0.388 e. The number of carbonyl (C=O) groups excluding carboxylic acids is 1. The molecule has 1 fully saturated rings. The number of amides is 1. The average molecular weight is 230 g/mol. The summed E-state index contributed by atoms with van der Waals surface area (Å²) < 4.78 is 5.17. The molecule has 0 atom stereocenters. The van der Waals surface area contributed by atoms with Gasteiger partial charge < -0.3 is 20.5 Å². The van der Waals surface area contributed by atoms with E-state index in [1.165, 1.54) is 0 Å². The lowest BCUT2D eigenvalue weighted by atomic mass is 9.94. The lowest BCUT2D eigenvalue weighted by Gasteiger charge is -2.32. The van der Waals surface area contributed by atoms with Gasteiger partial charge in [-0.25, -0.2) is 0 Å². The van der Waals surface area contributed by atoms with Crippen LogP contribution in [0.25, 0.3) is 0 Å². The van der Waals surface area contributed by atoms with Crippen LogP contribution >= 0.6 is 0 Å². The van der Waals surface area contributed by atoms with Crippen LogP contribution in [0, 0.1) is 0 Å². The van der Waals surface area contributed by atoms with Crippen LogP contribution in [0.1, 0.15) is 26.2 Å². The summed E-state index contributed by atoms with van der Waals surface area (Å²) in [5, 5.41) is 15.9. The Balaban J connectivity index is 2.14.